The second-order valence-corrected chi connectivity index (χ2v) is 8.00. The van der Waals surface area contributed by atoms with Crippen LogP contribution in [-0.2, 0) is 11.3 Å². The van der Waals surface area contributed by atoms with Crippen LogP contribution in [0.1, 0.15) is 16.8 Å². The van der Waals surface area contributed by atoms with Crippen molar-refractivity contribution in [3.8, 4) is 5.69 Å². The summed E-state index contributed by atoms with van der Waals surface area (Å²) in [5, 5.41) is 7.59. The maximum atomic E-state index is 12.7. The number of aromatic nitrogens is 2. The lowest BCUT2D eigenvalue weighted by Gasteiger charge is -2.34. The molecule has 1 aliphatic heterocycles. The monoisotopic (exact) mass is 403 g/mol. The lowest BCUT2D eigenvalue weighted by Crippen LogP contribution is -2.48. The number of amides is 1. The molecule has 2 aromatic carbocycles. The number of nitrogens with zero attached hydrogens (tertiary/aromatic N) is 4. The van der Waals surface area contributed by atoms with Crippen LogP contribution in [0.25, 0.3) is 5.69 Å². The normalized spacial score (nSPS) is 15.3. The fourth-order valence-electron chi connectivity index (χ4n) is 3.80. The third-order valence-corrected chi connectivity index (χ3v) is 5.46. The largest absolute Gasteiger partial charge is 0.309 e. The van der Waals surface area contributed by atoms with Crippen LogP contribution in [0.2, 0.25) is 0 Å². The Hall–Kier alpha value is -2.96. The van der Waals surface area contributed by atoms with Crippen LogP contribution in [0, 0.1) is 13.8 Å². The summed E-state index contributed by atoms with van der Waals surface area (Å²) in [6.45, 7) is 9.11. The standard InChI is InChI=1S/C24H29N5O/c1-19-8-10-22(11-9-19)29-23(16-20(2)26-29)25-24(30)18-28-14-12-27(13-15-28)17-21-6-4-3-5-7-21/h3-11,16H,12-15,17-18H2,1-2H3,(H,25,30). The molecule has 0 atom stereocenters. The van der Waals surface area contributed by atoms with Crippen molar-refractivity contribution in [3.63, 3.8) is 0 Å². The van der Waals surface area contributed by atoms with Gasteiger partial charge in [0.15, 0.2) is 0 Å². The third kappa shape index (κ3) is 5.14. The molecule has 1 amide bonds. The molecule has 1 fully saturated rings. The molecule has 3 aromatic rings. The van der Waals surface area contributed by atoms with Crippen LogP contribution in [0.15, 0.2) is 60.7 Å². The Morgan fingerprint density at radius 3 is 2.30 bits per heavy atom. The molecule has 1 N–H and O–H groups in total. The SMILES string of the molecule is Cc1ccc(-n2nc(C)cc2NC(=O)CN2CCN(Cc3ccccc3)CC2)cc1. The smallest absolute Gasteiger partial charge is 0.239 e. The molecule has 0 radical (unpaired) electrons. The number of hydrogen-bond donors (Lipinski definition) is 1. The number of nitrogens with one attached hydrogen (secondary N) is 1. The molecule has 1 saturated heterocycles. The summed E-state index contributed by atoms with van der Waals surface area (Å²) in [7, 11) is 0. The maximum Gasteiger partial charge on any atom is 0.239 e. The van der Waals surface area contributed by atoms with Gasteiger partial charge in [0.1, 0.15) is 5.82 Å². The van der Waals surface area contributed by atoms with Gasteiger partial charge in [-0.05, 0) is 31.5 Å². The van der Waals surface area contributed by atoms with Crippen LogP contribution in [0.4, 0.5) is 5.82 Å². The molecule has 0 unspecified atom stereocenters. The first-order chi connectivity index (χ1) is 14.6. The van der Waals surface area contributed by atoms with Crippen molar-refractivity contribution in [2.75, 3.05) is 38.0 Å². The van der Waals surface area contributed by atoms with Gasteiger partial charge in [-0.3, -0.25) is 14.6 Å². The summed E-state index contributed by atoms with van der Waals surface area (Å²) in [6, 6.07) is 20.6. The Kier molecular flexibility index (Phi) is 6.26. The summed E-state index contributed by atoms with van der Waals surface area (Å²) in [6.07, 6.45) is 0. The van der Waals surface area contributed by atoms with Gasteiger partial charge < -0.3 is 5.32 Å². The van der Waals surface area contributed by atoms with E-state index in [1.807, 2.05) is 43.3 Å². The van der Waals surface area contributed by atoms with Crippen LogP contribution < -0.4 is 5.32 Å². The molecule has 0 bridgehead atoms. The molecule has 6 heteroatoms. The number of carbonyl (C=O) groups is 1. The zero-order valence-corrected chi connectivity index (χ0v) is 17.7. The van der Waals surface area contributed by atoms with E-state index in [1.54, 1.807) is 4.68 Å². The van der Waals surface area contributed by atoms with E-state index >= 15 is 0 Å². The van der Waals surface area contributed by atoms with Gasteiger partial charge in [0.05, 0.1) is 17.9 Å². The Morgan fingerprint density at radius 2 is 1.60 bits per heavy atom. The minimum absolute atomic E-state index is 0.000212. The minimum atomic E-state index is -0.000212. The molecule has 1 aliphatic rings. The van der Waals surface area contributed by atoms with Crippen molar-refractivity contribution < 1.29 is 4.79 Å². The lowest BCUT2D eigenvalue weighted by atomic mass is 10.2. The Bertz CT molecular complexity index is 973. The predicted octanol–water partition coefficient (Wildman–Crippen LogP) is 3.25. The van der Waals surface area contributed by atoms with Gasteiger partial charge in [-0.1, -0.05) is 48.0 Å². The highest BCUT2D eigenvalue weighted by molar-refractivity contribution is 5.91. The summed E-state index contributed by atoms with van der Waals surface area (Å²) in [4.78, 5) is 17.4. The molecule has 4 rings (SSSR count). The van der Waals surface area contributed by atoms with Crippen molar-refractivity contribution in [1.82, 2.24) is 19.6 Å². The highest BCUT2D eigenvalue weighted by atomic mass is 16.2. The second kappa shape index (κ2) is 9.24. The van der Waals surface area contributed by atoms with E-state index in [-0.39, 0.29) is 5.91 Å². The molecule has 2 heterocycles. The predicted molar refractivity (Wildman–Crippen MR) is 120 cm³/mol. The zero-order chi connectivity index (χ0) is 20.9. The number of carbonyl (C=O) groups excluding carboxylic acids is 1. The van der Waals surface area contributed by atoms with Crippen molar-refractivity contribution in [1.29, 1.82) is 0 Å². The molecule has 6 nitrogen and oxygen atoms in total. The minimum Gasteiger partial charge on any atom is -0.309 e. The second-order valence-electron chi connectivity index (χ2n) is 8.00. The number of hydrogen-bond acceptors (Lipinski definition) is 4. The van der Waals surface area contributed by atoms with Gasteiger partial charge >= 0.3 is 0 Å². The van der Waals surface area contributed by atoms with Gasteiger partial charge in [-0.2, -0.15) is 5.10 Å². The Morgan fingerprint density at radius 1 is 0.933 bits per heavy atom. The lowest BCUT2D eigenvalue weighted by molar-refractivity contribution is -0.117. The van der Waals surface area contributed by atoms with Crippen LogP contribution in [-0.4, -0.2) is 58.2 Å². The van der Waals surface area contributed by atoms with Crippen LogP contribution >= 0.6 is 0 Å². The molecule has 0 spiro atoms. The summed E-state index contributed by atoms with van der Waals surface area (Å²) in [5.41, 5.74) is 4.35. The average Bonchev–Trinajstić information content (AvgIpc) is 3.10. The molecule has 1 aromatic heterocycles. The van der Waals surface area contributed by atoms with Gasteiger partial charge in [0.25, 0.3) is 0 Å². The van der Waals surface area contributed by atoms with E-state index in [9.17, 15) is 4.79 Å². The van der Waals surface area contributed by atoms with Gasteiger partial charge in [0.2, 0.25) is 5.91 Å². The topological polar surface area (TPSA) is 53.4 Å². The number of anilines is 1. The van der Waals surface area contributed by atoms with Crippen molar-refractivity contribution in [2.45, 2.75) is 20.4 Å². The average molecular weight is 404 g/mol. The van der Waals surface area contributed by atoms with E-state index in [1.165, 1.54) is 11.1 Å². The zero-order valence-electron chi connectivity index (χ0n) is 17.7. The first-order valence-corrected chi connectivity index (χ1v) is 10.5. The molecular formula is C24H29N5O. The number of rotatable bonds is 6. The maximum absolute atomic E-state index is 12.7. The van der Waals surface area contributed by atoms with E-state index in [2.05, 4.69) is 51.4 Å². The van der Waals surface area contributed by atoms with E-state index in [4.69, 9.17) is 0 Å². The van der Waals surface area contributed by atoms with Gasteiger partial charge in [-0.25, -0.2) is 4.68 Å². The van der Waals surface area contributed by atoms with Crippen molar-refractivity contribution in [3.05, 3.63) is 77.5 Å². The van der Waals surface area contributed by atoms with Gasteiger partial charge in [0, 0.05) is 38.8 Å². The number of benzene rings is 2. The van der Waals surface area contributed by atoms with Crippen molar-refractivity contribution in [2.24, 2.45) is 0 Å². The van der Waals surface area contributed by atoms with E-state index in [0.717, 1.165) is 44.1 Å². The van der Waals surface area contributed by atoms with Crippen LogP contribution in [0.5, 0.6) is 0 Å². The molecule has 0 saturated carbocycles. The summed E-state index contributed by atoms with van der Waals surface area (Å²) in [5.74, 6) is 0.712. The van der Waals surface area contributed by atoms with Gasteiger partial charge in [-0.15, -0.1) is 0 Å². The first kappa shape index (κ1) is 20.3. The van der Waals surface area contributed by atoms with E-state index in [0.29, 0.717) is 12.4 Å². The Labute approximate surface area is 178 Å². The molecule has 156 valence electrons. The van der Waals surface area contributed by atoms with Crippen molar-refractivity contribution >= 4 is 11.7 Å². The molecule has 0 aliphatic carbocycles. The number of aryl methyl sites for hydroxylation is 2. The van der Waals surface area contributed by atoms with E-state index < -0.39 is 0 Å². The quantitative estimate of drug-likeness (QED) is 0.687. The third-order valence-electron chi connectivity index (χ3n) is 5.46. The summed E-state index contributed by atoms with van der Waals surface area (Å²) >= 11 is 0. The fourth-order valence-corrected chi connectivity index (χ4v) is 3.80. The summed E-state index contributed by atoms with van der Waals surface area (Å²) < 4.78 is 1.80. The highest BCUT2D eigenvalue weighted by Crippen LogP contribution is 2.18. The molecular weight excluding hydrogens is 374 g/mol. The van der Waals surface area contributed by atoms with Crippen LogP contribution in [0.3, 0.4) is 0 Å². The fraction of sp³-hybridized carbons (Fsp3) is 0.333. The first-order valence-electron chi connectivity index (χ1n) is 10.5. The number of piperazine rings is 1. The highest BCUT2D eigenvalue weighted by Gasteiger charge is 2.20. The molecule has 30 heavy (non-hydrogen) atoms. The Balaban J connectivity index is 1.31.